The van der Waals surface area contributed by atoms with Gasteiger partial charge in [-0.15, -0.1) is 0 Å². The molecule has 2 aromatic rings. The zero-order chi connectivity index (χ0) is 22.5. The molecule has 1 spiro atoms. The second-order valence-corrected chi connectivity index (χ2v) is 9.06. The van der Waals surface area contributed by atoms with E-state index in [4.69, 9.17) is 0 Å². The van der Waals surface area contributed by atoms with E-state index in [-0.39, 0.29) is 43.3 Å². The number of carbonyl (C=O) groups excluding carboxylic acids is 3. The molecule has 2 fully saturated rings. The Kier molecular flexibility index (Phi) is 5.28. The van der Waals surface area contributed by atoms with Crippen LogP contribution < -0.4 is 0 Å². The number of nitrogens with zero attached hydrogens (tertiary/aromatic N) is 1. The van der Waals surface area contributed by atoms with Crippen LogP contribution >= 0.6 is 0 Å². The summed E-state index contributed by atoms with van der Waals surface area (Å²) in [7, 11) is 0. The van der Waals surface area contributed by atoms with Gasteiger partial charge in [0.25, 0.3) is 5.91 Å². The summed E-state index contributed by atoms with van der Waals surface area (Å²) in [6, 6.07) is 10.0. The van der Waals surface area contributed by atoms with Gasteiger partial charge in [0.05, 0.1) is 0 Å². The number of amides is 1. The Bertz CT molecular complexity index is 1030. The number of benzene rings is 2. The molecule has 1 atom stereocenters. The molecule has 4 nitrogen and oxygen atoms in total. The second-order valence-electron chi connectivity index (χ2n) is 9.06. The number of alkyl halides is 1. The lowest BCUT2D eigenvalue weighted by Gasteiger charge is -2.52. The van der Waals surface area contributed by atoms with Crippen LogP contribution in [0.15, 0.2) is 36.4 Å². The minimum atomic E-state index is -1.58. The van der Waals surface area contributed by atoms with E-state index in [1.54, 1.807) is 12.1 Å². The summed E-state index contributed by atoms with van der Waals surface area (Å²) in [4.78, 5) is 39.4. The molecule has 1 unspecified atom stereocenters. The lowest BCUT2D eigenvalue weighted by atomic mass is 9.63. The van der Waals surface area contributed by atoms with E-state index in [1.807, 2.05) is 26.0 Å². The molecular weight excluding hydrogens is 400 g/mol. The Morgan fingerprint density at radius 3 is 2.00 bits per heavy atom. The van der Waals surface area contributed by atoms with E-state index in [0.717, 1.165) is 27.8 Å². The predicted octanol–water partition coefficient (Wildman–Crippen LogP) is 4.31. The molecule has 2 aliphatic rings. The van der Waals surface area contributed by atoms with Gasteiger partial charge in [0, 0.05) is 31.3 Å². The first kappa shape index (κ1) is 21.3. The van der Waals surface area contributed by atoms with E-state index in [1.165, 1.54) is 24.0 Å². The number of hydrogen-bond acceptors (Lipinski definition) is 3. The number of halogens is 2. The molecule has 0 aromatic heterocycles. The van der Waals surface area contributed by atoms with Gasteiger partial charge in [-0.25, -0.2) is 8.78 Å². The number of Topliss-reactive ketones (excluding diaryl/α,β-unsaturated/α-hetero) is 2. The van der Waals surface area contributed by atoms with Gasteiger partial charge in [-0.1, -0.05) is 24.3 Å². The Hall–Kier alpha value is -2.89. The molecule has 31 heavy (non-hydrogen) atoms. The summed E-state index contributed by atoms with van der Waals surface area (Å²) in [5, 5.41) is 0. The third-order valence-corrected chi connectivity index (χ3v) is 6.51. The van der Waals surface area contributed by atoms with E-state index in [0.29, 0.717) is 0 Å². The van der Waals surface area contributed by atoms with E-state index < -0.39 is 23.4 Å². The molecule has 0 N–H and O–H groups in total. The average molecular weight is 425 g/mol. The van der Waals surface area contributed by atoms with Crippen LogP contribution in [0.25, 0.3) is 11.1 Å². The number of carbonyl (C=O) groups is 3. The quantitative estimate of drug-likeness (QED) is 0.689. The van der Waals surface area contributed by atoms with E-state index in [2.05, 4.69) is 0 Å². The monoisotopic (exact) mass is 425 g/mol. The summed E-state index contributed by atoms with van der Waals surface area (Å²) in [5.41, 5.74) is 3.64. The summed E-state index contributed by atoms with van der Waals surface area (Å²) >= 11 is 0. The maximum absolute atomic E-state index is 13.3. The lowest BCUT2D eigenvalue weighted by Crippen LogP contribution is -2.63. The summed E-state index contributed by atoms with van der Waals surface area (Å²) < 4.78 is 26.5. The molecule has 1 heterocycles. The average Bonchev–Trinajstić information content (AvgIpc) is 2.67. The molecular formula is C25H25F2NO3. The molecule has 4 rings (SSSR count). The van der Waals surface area contributed by atoms with E-state index in [9.17, 15) is 23.2 Å². The minimum absolute atomic E-state index is 0.141. The van der Waals surface area contributed by atoms with Crippen LogP contribution in [0.5, 0.6) is 0 Å². The smallest absolute Gasteiger partial charge is 0.256 e. The zero-order valence-electron chi connectivity index (χ0n) is 17.9. The third kappa shape index (κ3) is 3.80. The highest BCUT2D eigenvalue weighted by Gasteiger charge is 2.53. The maximum Gasteiger partial charge on any atom is 0.256 e. The van der Waals surface area contributed by atoms with Gasteiger partial charge in [0.15, 0.2) is 6.17 Å². The van der Waals surface area contributed by atoms with Crippen molar-refractivity contribution in [1.82, 2.24) is 4.90 Å². The maximum atomic E-state index is 13.3. The molecule has 2 aromatic carbocycles. The van der Waals surface area contributed by atoms with Crippen molar-refractivity contribution in [3.63, 3.8) is 0 Å². The largest absolute Gasteiger partial charge is 0.339 e. The van der Waals surface area contributed by atoms with Crippen molar-refractivity contribution in [2.75, 3.05) is 13.1 Å². The Balaban J connectivity index is 1.57. The van der Waals surface area contributed by atoms with Crippen LogP contribution in [0.2, 0.25) is 0 Å². The molecule has 1 saturated carbocycles. The van der Waals surface area contributed by atoms with Crippen molar-refractivity contribution in [2.45, 2.75) is 45.7 Å². The van der Waals surface area contributed by atoms with Crippen molar-refractivity contribution >= 4 is 17.5 Å². The highest BCUT2D eigenvalue weighted by atomic mass is 19.1. The Labute approximate surface area is 180 Å². The van der Waals surface area contributed by atoms with Crippen molar-refractivity contribution < 1.29 is 23.2 Å². The predicted molar refractivity (Wildman–Crippen MR) is 113 cm³/mol. The van der Waals surface area contributed by atoms with Gasteiger partial charge in [-0.3, -0.25) is 14.4 Å². The topological polar surface area (TPSA) is 54.5 Å². The highest BCUT2D eigenvalue weighted by molar-refractivity contribution is 6.11. The number of hydrogen-bond donors (Lipinski definition) is 0. The van der Waals surface area contributed by atoms with Gasteiger partial charge in [0.2, 0.25) is 0 Å². The Morgan fingerprint density at radius 1 is 1.00 bits per heavy atom. The van der Waals surface area contributed by atoms with Gasteiger partial charge in [-0.2, -0.15) is 0 Å². The molecule has 0 bridgehead atoms. The lowest BCUT2D eigenvalue weighted by molar-refractivity contribution is -0.157. The standard InChI is InChI=1S/C25H25F2NO3/c1-14-8-18(17-4-6-19(27)7-5-17)9-15(2)22(14)23-20(29)10-25(11-21(23)30)12-28(13-25)24(31)16(3)26/h4-9,16,23H,10-13H2,1-3H3. The summed E-state index contributed by atoms with van der Waals surface area (Å²) in [5.74, 6) is -1.98. The van der Waals surface area contributed by atoms with Crippen LogP contribution in [0, 0.1) is 25.1 Å². The summed E-state index contributed by atoms with van der Waals surface area (Å²) in [6.07, 6.45) is -1.15. The zero-order valence-corrected chi connectivity index (χ0v) is 17.9. The van der Waals surface area contributed by atoms with Crippen LogP contribution in [0.3, 0.4) is 0 Å². The fourth-order valence-electron chi connectivity index (χ4n) is 5.14. The van der Waals surface area contributed by atoms with Crippen LogP contribution in [0.1, 0.15) is 42.4 Å². The fourth-order valence-corrected chi connectivity index (χ4v) is 5.14. The number of ketones is 2. The fraction of sp³-hybridized carbons (Fsp3) is 0.400. The third-order valence-electron chi connectivity index (χ3n) is 6.51. The number of rotatable bonds is 3. The molecule has 1 saturated heterocycles. The molecule has 1 aliphatic heterocycles. The van der Waals surface area contributed by atoms with Crippen molar-refractivity contribution in [1.29, 1.82) is 0 Å². The number of aryl methyl sites for hydroxylation is 2. The van der Waals surface area contributed by atoms with Crippen LogP contribution in [0.4, 0.5) is 8.78 Å². The van der Waals surface area contributed by atoms with Gasteiger partial charge in [0.1, 0.15) is 23.3 Å². The highest BCUT2D eigenvalue weighted by Crippen LogP contribution is 2.46. The molecule has 6 heteroatoms. The first-order chi connectivity index (χ1) is 14.6. The van der Waals surface area contributed by atoms with Gasteiger partial charge < -0.3 is 4.90 Å². The van der Waals surface area contributed by atoms with Crippen molar-refractivity contribution in [2.24, 2.45) is 5.41 Å². The van der Waals surface area contributed by atoms with Crippen molar-refractivity contribution in [3.05, 3.63) is 58.9 Å². The second kappa shape index (κ2) is 7.66. The molecule has 0 radical (unpaired) electrons. The van der Waals surface area contributed by atoms with E-state index >= 15 is 0 Å². The first-order valence-corrected chi connectivity index (χ1v) is 10.5. The molecule has 1 amide bonds. The SMILES string of the molecule is Cc1cc(-c2ccc(F)cc2)cc(C)c1C1C(=O)CC2(CC1=O)CN(C(=O)C(C)F)C2. The van der Waals surface area contributed by atoms with Crippen molar-refractivity contribution in [3.8, 4) is 11.1 Å². The minimum Gasteiger partial charge on any atom is -0.339 e. The van der Waals surface area contributed by atoms with Crippen LogP contribution in [-0.2, 0) is 14.4 Å². The van der Waals surface area contributed by atoms with Gasteiger partial charge in [-0.05, 0) is 60.7 Å². The first-order valence-electron chi connectivity index (χ1n) is 10.5. The summed E-state index contributed by atoms with van der Waals surface area (Å²) in [6.45, 7) is 5.47. The van der Waals surface area contributed by atoms with Gasteiger partial charge >= 0.3 is 0 Å². The van der Waals surface area contributed by atoms with Crippen LogP contribution in [-0.4, -0.2) is 41.6 Å². The molecule has 162 valence electrons. The number of likely N-dealkylation sites (tertiary alicyclic amines) is 1. The normalized spacial score (nSPS) is 19.5. The molecule has 1 aliphatic carbocycles. The Morgan fingerprint density at radius 2 is 1.52 bits per heavy atom.